The standard InChI is InChI=1S/C17H17NO5S/c19-24(20,15-6-7-16-17(10-15)22-12-21-16)18-9-8-14(11-18)23-13-4-2-1-3-5-13/h1-7,10,14H,8-9,11-12H2/t14-/m0/s1. The van der Waals surface area contributed by atoms with Gasteiger partial charge in [0, 0.05) is 12.6 Å². The Morgan fingerprint density at radius 1 is 1.04 bits per heavy atom. The SMILES string of the molecule is O=S(=O)(c1ccc2c(c1)OCO2)N1CC[C@H](Oc2ccccc2)C1. The summed E-state index contributed by atoms with van der Waals surface area (Å²) in [6.45, 7) is 0.898. The van der Waals surface area contributed by atoms with Gasteiger partial charge in [-0.25, -0.2) is 8.42 Å². The van der Waals surface area contributed by atoms with Crippen LogP contribution in [0.5, 0.6) is 17.2 Å². The zero-order valence-electron chi connectivity index (χ0n) is 12.9. The third-order valence-electron chi connectivity index (χ3n) is 4.14. The van der Waals surface area contributed by atoms with Gasteiger partial charge in [0.05, 0.1) is 11.4 Å². The van der Waals surface area contributed by atoms with Gasteiger partial charge in [-0.05, 0) is 30.7 Å². The molecule has 0 aliphatic carbocycles. The van der Waals surface area contributed by atoms with Crippen LogP contribution < -0.4 is 14.2 Å². The number of hydrogen-bond acceptors (Lipinski definition) is 5. The zero-order chi connectivity index (χ0) is 16.6. The molecule has 0 spiro atoms. The van der Waals surface area contributed by atoms with Gasteiger partial charge in [-0.2, -0.15) is 4.31 Å². The lowest BCUT2D eigenvalue weighted by Crippen LogP contribution is -2.31. The Morgan fingerprint density at radius 2 is 1.83 bits per heavy atom. The van der Waals surface area contributed by atoms with E-state index in [9.17, 15) is 8.42 Å². The molecule has 0 unspecified atom stereocenters. The number of nitrogens with zero attached hydrogens (tertiary/aromatic N) is 1. The first kappa shape index (κ1) is 15.3. The summed E-state index contributed by atoms with van der Waals surface area (Å²) in [5, 5.41) is 0. The molecule has 0 bridgehead atoms. The van der Waals surface area contributed by atoms with E-state index in [0.717, 1.165) is 5.75 Å². The molecule has 1 saturated heterocycles. The van der Waals surface area contributed by atoms with Gasteiger partial charge in [0.25, 0.3) is 0 Å². The summed E-state index contributed by atoms with van der Waals surface area (Å²) in [4.78, 5) is 0.215. The molecule has 2 heterocycles. The molecular weight excluding hydrogens is 330 g/mol. The smallest absolute Gasteiger partial charge is 0.243 e. The highest BCUT2D eigenvalue weighted by Gasteiger charge is 2.34. The Kier molecular flexibility index (Phi) is 3.82. The highest BCUT2D eigenvalue weighted by Crippen LogP contribution is 2.35. The van der Waals surface area contributed by atoms with Crippen LogP contribution in [-0.2, 0) is 10.0 Å². The van der Waals surface area contributed by atoms with Crippen molar-refractivity contribution in [1.82, 2.24) is 4.31 Å². The second-order valence-corrected chi connectivity index (χ2v) is 7.66. The average Bonchev–Trinajstić information content (AvgIpc) is 3.24. The summed E-state index contributed by atoms with van der Waals surface area (Å²) in [7, 11) is -3.57. The van der Waals surface area contributed by atoms with Gasteiger partial charge >= 0.3 is 0 Å². The van der Waals surface area contributed by atoms with E-state index >= 15 is 0 Å². The van der Waals surface area contributed by atoms with E-state index in [-0.39, 0.29) is 17.8 Å². The lowest BCUT2D eigenvalue weighted by atomic mass is 10.3. The molecule has 4 rings (SSSR count). The normalized spacial score (nSPS) is 20.2. The first-order valence-electron chi connectivity index (χ1n) is 7.74. The molecule has 0 radical (unpaired) electrons. The van der Waals surface area contributed by atoms with Crippen molar-refractivity contribution in [3.8, 4) is 17.2 Å². The summed E-state index contributed by atoms with van der Waals surface area (Å²) in [5.74, 6) is 1.79. The fourth-order valence-corrected chi connectivity index (χ4v) is 4.39. The molecule has 24 heavy (non-hydrogen) atoms. The minimum absolute atomic E-state index is 0.121. The number of para-hydroxylation sites is 1. The fraction of sp³-hybridized carbons (Fsp3) is 0.294. The van der Waals surface area contributed by atoms with Crippen LogP contribution in [0.3, 0.4) is 0 Å². The molecule has 2 aromatic rings. The van der Waals surface area contributed by atoms with Crippen LogP contribution in [0.1, 0.15) is 6.42 Å². The maximum Gasteiger partial charge on any atom is 0.243 e. The van der Waals surface area contributed by atoms with E-state index in [4.69, 9.17) is 14.2 Å². The molecule has 2 aliphatic heterocycles. The van der Waals surface area contributed by atoms with Crippen molar-refractivity contribution in [1.29, 1.82) is 0 Å². The predicted molar refractivity (Wildman–Crippen MR) is 86.8 cm³/mol. The van der Waals surface area contributed by atoms with Crippen LogP contribution in [0.4, 0.5) is 0 Å². The van der Waals surface area contributed by atoms with Gasteiger partial charge in [0.15, 0.2) is 11.5 Å². The summed E-state index contributed by atoms with van der Waals surface area (Å²) < 4.78 is 43.4. The minimum atomic E-state index is -3.57. The number of sulfonamides is 1. The zero-order valence-corrected chi connectivity index (χ0v) is 13.7. The summed E-state index contributed by atoms with van der Waals surface area (Å²) in [6.07, 6.45) is 0.523. The van der Waals surface area contributed by atoms with Crippen molar-refractivity contribution in [2.75, 3.05) is 19.9 Å². The van der Waals surface area contributed by atoms with Crippen LogP contribution in [0.2, 0.25) is 0 Å². The van der Waals surface area contributed by atoms with Crippen LogP contribution in [-0.4, -0.2) is 38.7 Å². The second kappa shape index (κ2) is 5.99. The highest BCUT2D eigenvalue weighted by molar-refractivity contribution is 7.89. The molecule has 2 aliphatic rings. The third kappa shape index (κ3) is 2.81. The van der Waals surface area contributed by atoms with Crippen molar-refractivity contribution in [3.63, 3.8) is 0 Å². The topological polar surface area (TPSA) is 65.1 Å². The van der Waals surface area contributed by atoms with Crippen LogP contribution in [0.15, 0.2) is 53.4 Å². The summed E-state index contributed by atoms with van der Waals surface area (Å²) in [6, 6.07) is 14.1. The van der Waals surface area contributed by atoms with Gasteiger partial charge in [-0.1, -0.05) is 18.2 Å². The van der Waals surface area contributed by atoms with E-state index in [2.05, 4.69) is 0 Å². The quantitative estimate of drug-likeness (QED) is 0.849. The highest BCUT2D eigenvalue weighted by atomic mass is 32.2. The molecule has 1 fully saturated rings. The molecule has 6 nitrogen and oxygen atoms in total. The average molecular weight is 347 g/mol. The second-order valence-electron chi connectivity index (χ2n) is 5.72. The fourth-order valence-electron chi connectivity index (χ4n) is 2.89. The Morgan fingerprint density at radius 3 is 2.67 bits per heavy atom. The van der Waals surface area contributed by atoms with Crippen molar-refractivity contribution in [3.05, 3.63) is 48.5 Å². The molecule has 0 aromatic heterocycles. The Bertz CT molecular complexity index is 837. The Hall–Kier alpha value is -2.25. The molecule has 0 saturated carbocycles. The van der Waals surface area contributed by atoms with Crippen LogP contribution in [0.25, 0.3) is 0 Å². The number of ether oxygens (including phenoxy) is 3. The van der Waals surface area contributed by atoms with E-state index < -0.39 is 10.0 Å². The Balaban J connectivity index is 1.49. The number of fused-ring (bicyclic) bond motifs is 1. The van der Waals surface area contributed by atoms with Crippen LogP contribution >= 0.6 is 0 Å². The van der Waals surface area contributed by atoms with Crippen molar-refractivity contribution in [2.45, 2.75) is 17.4 Å². The van der Waals surface area contributed by atoms with Gasteiger partial charge in [0.2, 0.25) is 16.8 Å². The molecule has 0 N–H and O–H groups in total. The maximum atomic E-state index is 12.8. The van der Waals surface area contributed by atoms with E-state index in [1.54, 1.807) is 12.1 Å². The van der Waals surface area contributed by atoms with Crippen molar-refractivity contribution >= 4 is 10.0 Å². The molecule has 0 amide bonds. The van der Waals surface area contributed by atoms with E-state index in [1.807, 2.05) is 30.3 Å². The first-order chi connectivity index (χ1) is 11.6. The van der Waals surface area contributed by atoms with E-state index in [1.165, 1.54) is 10.4 Å². The third-order valence-corrected chi connectivity index (χ3v) is 6.00. The van der Waals surface area contributed by atoms with E-state index in [0.29, 0.717) is 31.0 Å². The van der Waals surface area contributed by atoms with Gasteiger partial charge in [0.1, 0.15) is 11.9 Å². The largest absolute Gasteiger partial charge is 0.489 e. The lowest BCUT2D eigenvalue weighted by molar-refractivity contribution is 0.174. The van der Waals surface area contributed by atoms with Crippen molar-refractivity contribution < 1.29 is 22.6 Å². The maximum absolute atomic E-state index is 12.8. The van der Waals surface area contributed by atoms with Crippen LogP contribution in [0, 0.1) is 0 Å². The number of hydrogen-bond donors (Lipinski definition) is 0. The monoisotopic (exact) mass is 347 g/mol. The first-order valence-corrected chi connectivity index (χ1v) is 9.18. The molecule has 7 heteroatoms. The molecule has 126 valence electrons. The summed E-state index contributed by atoms with van der Waals surface area (Å²) in [5.41, 5.74) is 0. The Labute approximate surface area is 140 Å². The van der Waals surface area contributed by atoms with Gasteiger partial charge in [-0.3, -0.25) is 0 Å². The van der Waals surface area contributed by atoms with Gasteiger partial charge in [-0.15, -0.1) is 0 Å². The molecular formula is C17H17NO5S. The molecule has 2 aromatic carbocycles. The lowest BCUT2D eigenvalue weighted by Gasteiger charge is -2.17. The molecule has 1 atom stereocenters. The summed E-state index contributed by atoms with van der Waals surface area (Å²) >= 11 is 0. The number of rotatable bonds is 4. The van der Waals surface area contributed by atoms with Gasteiger partial charge < -0.3 is 14.2 Å². The minimum Gasteiger partial charge on any atom is -0.489 e. The number of benzene rings is 2. The predicted octanol–water partition coefficient (Wildman–Crippen LogP) is 2.26. The van der Waals surface area contributed by atoms with Crippen molar-refractivity contribution in [2.24, 2.45) is 0 Å².